The van der Waals surface area contributed by atoms with Crippen LogP contribution in [0.25, 0.3) is 33.4 Å². The van der Waals surface area contributed by atoms with Gasteiger partial charge in [0.15, 0.2) is 0 Å². The normalized spacial score (nSPS) is 15.6. The summed E-state index contributed by atoms with van der Waals surface area (Å²) < 4.78 is 0. The van der Waals surface area contributed by atoms with E-state index in [-0.39, 0.29) is 5.41 Å². The van der Waals surface area contributed by atoms with Crippen molar-refractivity contribution in [2.24, 2.45) is 0 Å². The minimum absolute atomic E-state index is 0.349. The summed E-state index contributed by atoms with van der Waals surface area (Å²) in [6.45, 7) is 4.90. The summed E-state index contributed by atoms with van der Waals surface area (Å²) in [5.41, 5.74) is 23.6. The molecule has 0 unspecified atom stereocenters. The van der Waals surface area contributed by atoms with Gasteiger partial charge in [0.05, 0.1) is 22.2 Å². The predicted octanol–water partition coefficient (Wildman–Crippen LogP) is 14.5. The summed E-state index contributed by atoms with van der Waals surface area (Å²) in [6, 6.07) is 80.3. The Balaban J connectivity index is 1.18. The molecule has 0 amide bonds. The van der Waals surface area contributed by atoms with Gasteiger partial charge in [-0.2, -0.15) is 0 Å². The Hall–Kier alpha value is -7.22. The van der Waals surface area contributed by atoms with Crippen molar-refractivity contribution < 1.29 is 0 Å². The third-order valence-corrected chi connectivity index (χ3v) is 14.5. The van der Waals surface area contributed by atoms with Gasteiger partial charge in [0, 0.05) is 16.7 Å². The van der Waals surface area contributed by atoms with Crippen molar-refractivity contribution in [3.05, 3.63) is 268 Å². The minimum Gasteiger partial charge on any atom is -0.310 e. The second-order valence-corrected chi connectivity index (χ2v) is 17.5. The first-order valence-electron chi connectivity index (χ1n) is 21.3. The molecule has 0 fully saturated rings. The molecule has 2 spiro atoms. The van der Waals surface area contributed by atoms with E-state index in [1.165, 1.54) is 100 Å². The number of benzene rings is 9. The molecule has 9 aromatic rings. The number of hydrogen-bond donors (Lipinski definition) is 0. The zero-order valence-electron chi connectivity index (χ0n) is 33.7. The highest BCUT2D eigenvalue weighted by molar-refractivity contribution is 6.00. The fourth-order valence-corrected chi connectivity index (χ4v) is 12.5. The summed E-state index contributed by atoms with van der Waals surface area (Å²) >= 11 is 0. The van der Waals surface area contributed by atoms with Crippen LogP contribution >= 0.6 is 0 Å². The smallest absolute Gasteiger partial charge is 0.0746 e. The lowest BCUT2D eigenvalue weighted by atomic mass is 9.55. The van der Waals surface area contributed by atoms with Crippen LogP contribution in [0.1, 0.15) is 69.5 Å². The maximum Gasteiger partial charge on any atom is 0.0746 e. The SMILES string of the molecule is CC1(C)c2ccccc2C2(c3ccccc3-c3ccccc32)c2cccc(N(c3ccccc3)c3cccc4c3C3(c5ccccc5-c5ccccc53)c3ccccc3-4)c21. The van der Waals surface area contributed by atoms with E-state index in [9.17, 15) is 0 Å². The van der Waals surface area contributed by atoms with Crippen LogP contribution in [0, 0.1) is 0 Å². The maximum atomic E-state index is 2.62. The van der Waals surface area contributed by atoms with Gasteiger partial charge in [0.2, 0.25) is 0 Å². The average molecular weight is 764 g/mol. The molecule has 60 heavy (non-hydrogen) atoms. The second-order valence-electron chi connectivity index (χ2n) is 17.5. The predicted molar refractivity (Wildman–Crippen MR) is 247 cm³/mol. The molecule has 0 N–H and O–H groups in total. The highest BCUT2D eigenvalue weighted by atomic mass is 15.2. The van der Waals surface area contributed by atoms with Crippen LogP contribution in [0.4, 0.5) is 17.1 Å². The van der Waals surface area contributed by atoms with E-state index in [0.717, 1.165) is 5.69 Å². The zero-order valence-corrected chi connectivity index (χ0v) is 33.7. The van der Waals surface area contributed by atoms with E-state index in [4.69, 9.17) is 0 Å². The van der Waals surface area contributed by atoms with Crippen LogP contribution < -0.4 is 4.90 Å². The van der Waals surface area contributed by atoms with E-state index in [0.29, 0.717) is 0 Å². The molecular formula is C59H41N. The van der Waals surface area contributed by atoms with Gasteiger partial charge < -0.3 is 4.90 Å². The third-order valence-electron chi connectivity index (χ3n) is 14.5. The first kappa shape index (κ1) is 33.7. The van der Waals surface area contributed by atoms with Crippen molar-refractivity contribution in [1.82, 2.24) is 0 Å². The van der Waals surface area contributed by atoms with Gasteiger partial charge in [-0.05, 0) is 108 Å². The molecule has 1 nitrogen and oxygen atoms in total. The van der Waals surface area contributed by atoms with E-state index in [2.05, 4.69) is 231 Å². The first-order chi connectivity index (χ1) is 29.6. The number of nitrogens with zero attached hydrogens (tertiary/aromatic N) is 1. The molecule has 0 saturated carbocycles. The molecule has 13 rings (SSSR count). The molecule has 1 heteroatoms. The van der Waals surface area contributed by atoms with Crippen LogP contribution in [0.3, 0.4) is 0 Å². The zero-order chi connectivity index (χ0) is 39.8. The quantitative estimate of drug-likeness (QED) is 0.173. The molecular weight excluding hydrogens is 723 g/mol. The Morgan fingerprint density at radius 3 is 1.13 bits per heavy atom. The molecule has 0 aliphatic heterocycles. The Labute approximate surface area is 351 Å². The Morgan fingerprint density at radius 1 is 0.267 bits per heavy atom. The van der Waals surface area contributed by atoms with Crippen molar-refractivity contribution in [2.75, 3.05) is 4.90 Å². The molecule has 0 radical (unpaired) electrons. The van der Waals surface area contributed by atoms with E-state index >= 15 is 0 Å². The van der Waals surface area contributed by atoms with Gasteiger partial charge in [0.1, 0.15) is 0 Å². The van der Waals surface area contributed by atoms with E-state index in [1.54, 1.807) is 0 Å². The third kappa shape index (κ3) is 3.94. The average Bonchev–Trinajstić information content (AvgIpc) is 3.90. The molecule has 0 atom stereocenters. The maximum absolute atomic E-state index is 2.62. The lowest BCUT2D eigenvalue weighted by molar-refractivity contribution is 0.564. The Bertz CT molecular complexity index is 3150. The first-order valence-corrected chi connectivity index (χ1v) is 21.3. The Morgan fingerprint density at radius 2 is 0.617 bits per heavy atom. The second kappa shape index (κ2) is 11.9. The van der Waals surface area contributed by atoms with Gasteiger partial charge in [0.25, 0.3) is 0 Å². The highest BCUT2D eigenvalue weighted by Crippen LogP contribution is 2.67. The molecule has 9 aromatic carbocycles. The summed E-state index contributed by atoms with van der Waals surface area (Å²) in [5.74, 6) is 0. The van der Waals surface area contributed by atoms with E-state index < -0.39 is 10.8 Å². The molecule has 0 saturated heterocycles. The lowest BCUT2D eigenvalue weighted by Crippen LogP contribution is -2.41. The molecule has 4 aliphatic rings. The minimum atomic E-state index is -0.510. The van der Waals surface area contributed by atoms with Crippen LogP contribution in [-0.4, -0.2) is 0 Å². The number of rotatable bonds is 3. The topological polar surface area (TPSA) is 3.24 Å². The van der Waals surface area contributed by atoms with Crippen LogP contribution in [-0.2, 0) is 16.2 Å². The van der Waals surface area contributed by atoms with Gasteiger partial charge in [-0.1, -0.05) is 202 Å². The Kier molecular flexibility index (Phi) is 6.71. The van der Waals surface area contributed by atoms with Gasteiger partial charge in [-0.3, -0.25) is 0 Å². The number of hydrogen-bond acceptors (Lipinski definition) is 1. The summed E-state index contributed by atoms with van der Waals surface area (Å²) in [5, 5.41) is 0. The fraction of sp³-hybridized carbons (Fsp3) is 0.0847. The van der Waals surface area contributed by atoms with Crippen LogP contribution in [0.2, 0.25) is 0 Å². The van der Waals surface area contributed by atoms with Crippen molar-refractivity contribution in [2.45, 2.75) is 30.1 Å². The van der Waals surface area contributed by atoms with Crippen molar-refractivity contribution in [3.63, 3.8) is 0 Å². The monoisotopic (exact) mass is 763 g/mol. The number of fused-ring (bicyclic) bond motifs is 19. The van der Waals surface area contributed by atoms with Crippen LogP contribution in [0.15, 0.2) is 212 Å². The highest BCUT2D eigenvalue weighted by Gasteiger charge is 2.56. The van der Waals surface area contributed by atoms with Crippen LogP contribution in [0.5, 0.6) is 0 Å². The number of para-hydroxylation sites is 1. The summed E-state index contributed by atoms with van der Waals surface area (Å²) in [7, 11) is 0. The number of anilines is 3. The molecule has 0 bridgehead atoms. The summed E-state index contributed by atoms with van der Waals surface area (Å²) in [6.07, 6.45) is 0. The van der Waals surface area contributed by atoms with Gasteiger partial charge >= 0.3 is 0 Å². The molecule has 4 aliphatic carbocycles. The van der Waals surface area contributed by atoms with Gasteiger partial charge in [-0.15, -0.1) is 0 Å². The summed E-state index contributed by atoms with van der Waals surface area (Å²) in [4.78, 5) is 2.62. The largest absolute Gasteiger partial charge is 0.310 e. The fourth-order valence-electron chi connectivity index (χ4n) is 12.5. The van der Waals surface area contributed by atoms with Gasteiger partial charge in [-0.25, -0.2) is 0 Å². The molecule has 0 heterocycles. The van der Waals surface area contributed by atoms with Crippen molar-refractivity contribution in [3.8, 4) is 33.4 Å². The molecule has 282 valence electrons. The van der Waals surface area contributed by atoms with E-state index in [1.807, 2.05) is 0 Å². The van der Waals surface area contributed by atoms with Crippen molar-refractivity contribution in [1.29, 1.82) is 0 Å². The van der Waals surface area contributed by atoms with Crippen molar-refractivity contribution >= 4 is 17.1 Å². The standard InChI is InChI=1S/C59H41N/c1-57(2)50-33-16-17-34-51(50)58(45-28-11-6-22-39(45)40-23-7-12-29-46(40)58)52-35-19-37-54(56(52)57)60(38-20-4-3-5-21-38)53-36-18-27-44-43-26-10-15-32-49(43)59(55(44)53)47-30-13-8-24-41(47)42-25-9-14-31-48(42)59/h3-37H,1-2H3. The lowest BCUT2D eigenvalue weighted by Gasteiger charge is -2.48. The molecule has 0 aromatic heterocycles.